The molecule has 1 aliphatic heterocycles. The topological polar surface area (TPSA) is 52.7 Å². The third-order valence-electron chi connectivity index (χ3n) is 3.51. The molecule has 1 heterocycles. The number of nitrogens with zero attached hydrogens (tertiary/aromatic N) is 2. The van der Waals surface area contributed by atoms with Gasteiger partial charge < -0.3 is 10.2 Å². The Bertz CT molecular complexity index is 332. The zero-order valence-corrected chi connectivity index (χ0v) is 12.7. The number of nitrogens with one attached hydrogen (secondary N) is 1. The fraction of sp³-hybridized carbons (Fsp3) is 1.00. The zero-order valence-electron chi connectivity index (χ0n) is 11.9. The van der Waals surface area contributed by atoms with Crippen molar-refractivity contribution in [3.8, 4) is 0 Å². The third kappa shape index (κ3) is 4.50. The minimum Gasteiger partial charge on any atom is -0.320 e. The van der Waals surface area contributed by atoms with E-state index < -0.39 is 10.0 Å². The summed E-state index contributed by atoms with van der Waals surface area (Å²) in [6, 6.07) is 0.136. The Labute approximate surface area is 112 Å². The first kappa shape index (κ1) is 15.9. The summed E-state index contributed by atoms with van der Waals surface area (Å²) in [4.78, 5) is 2.23. The molecule has 1 atom stereocenters. The molecule has 0 amide bonds. The van der Waals surface area contributed by atoms with E-state index in [2.05, 4.69) is 24.2 Å². The molecule has 108 valence electrons. The average molecular weight is 277 g/mol. The van der Waals surface area contributed by atoms with E-state index in [9.17, 15) is 8.42 Å². The summed E-state index contributed by atoms with van der Waals surface area (Å²) in [6.07, 6.45) is 2.50. The van der Waals surface area contributed by atoms with Gasteiger partial charge in [-0.05, 0) is 46.4 Å². The summed E-state index contributed by atoms with van der Waals surface area (Å²) in [7, 11) is 0.822. The molecule has 5 nitrogen and oxygen atoms in total. The van der Waals surface area contributed by atoms with Crippen LogP contribution >= 0.6 is 0 Å². The van der Waals surface area contributed by atoms with Crippen LogP contribution in [0.2, 0.25) is 0 Å². The van der Waals surface area contributed by atoms with Crippen molar-refractivity contribution in [3.63, 3.8) is 0 Å². The monoisotopic (exact) mass is 277 g/mol. The largest absolute Gasteiger partial charge is 0.320 e. The smallest absolute Gasteiger partial charge is 0.214 e. The van der Waals surface area contributed by atoms with Crippen LogP contribution in [-0.2, 0) is 10.0 Å². The molecule has 0 spiro atoms. The van der Waals surface area contributed by atoms with Gasteiger partial charge in [0.1, 0.15) is 0 Å². The van der Waals surface area contributed by atoms with Gasteiger partial charge in [-0.3, -0.25) is 0 Å². The fourth-order valence-electron chi connectivity index (χ4n) is 2.47. The second-order valence-corrected chi connectivity index (χ2v) is 7.10. The predicted octanol–water partition coefficient (Wildman–Crippen LogP) is 0.342. The van der Waals surface area contributed by atoms with Crippen molar-refractivity contribution in [2.75, 3.05) is 46.0 Å². The highest BCUT2D eigenvalue weighted by Gasteiger charge is 2.30. The minimum atomic E-state index is -3.10. The molecule has 0 radical (unpaired) electrons. The van der Waals surface area contributed by atoms with Gasteiger partial charge in [-0.15, -0.1) is 0 Å². The van der Waals surface area contributed by atoms with Crippen molar-refractivity contribution in [2.24, 2.45) is 0 Å². The van der Waals surface area contributed by atoms with Crippen LogP contribution in [-0.4, -0.2) is 69.7 Å². The zero-order chi connectivity index (χ0) is 13.6. The van der Waals surface area contributed by atoms with Crippen molar-refractivity contribution < 1.29 is 8.42 Å². The maximum absolute atomic E-state index is 12.4. The van der Waals surface area contributed by atoms with Gasteiger partial charge in [0.05, 0.1) is 5.75 Å². The average Bonchev–Trinajstić information content (AvgIpc) is 2.51. The Balaban J connectivity index is 2.70. The van der Waals surface area contributed by atoms with Crippen LogP contribution in [0.3, 0.4) is 0 Å². The lowest BCUT2D eigenvalue weighted by molar-refractivity contribution is 0.270. The van der Waals surface area contributed by atoms with Crippen LogP contribution in [0.1, 0.15) is 26.2 Å². The molecule has 18 heavy (non-hydrogen) atoms. The summed E-state index contributed by atoms with van der Waals surface area (Å²) in [5.74, 6) is 0.258. The van der Waals surface area contributed by atoms with E-state index in [0.717, 1.165) is 32.5 Å². The van der Waals surface area contributed by atoms with E-state index in [1.807, 2.05) is 7.05 Å². The molecule has 1 fully saturated rings. The van der Waals surface area contributed by atoms with Crippen LogP contribution < -0.4 is 5.32 Å². The minimum absolute atomic E-state index is 0.136. The van der Waals surface area contributed by atoms with Crippen molar-refractivity contribution in [3.05, 3.63) is 0 Å². The second-order valence-electron chi connectivity index (χ2n) is 5.06. The van der Waals surface area contributed by atoms with Crippen LogP contribution in [0.25, 0.3) is 0 Å². The van der Waals surface area contributed by atoms with E-state index in [1.54, 1.807) is 4.31 Å². The molecule has 0 aromatic rings. The van der Waals surface area contributed by atoms with Gasteiger partial charge in [0, 0.05) is 19.1 Å². The first-order valence-electron chi connectivity index (χ1n) is 6.84. The molecule has 0 aromatic carbocycles. The highest BCUT2D eigenvalue weighted by atomic mass is 32.2. The van der Waals surface area contributed by atoms with E-state index >= 15 is 0 Å². The Morgan fingerprint density at radius 3 is 2.67 bits per heavy atom. The molecule has 1 unspecified atom stereocenters. The van der Waals surface area contributed by atoms with Gasteiger partial charge in [-0.1, -0.05) is 6.92 Å². The Morgan fingerprint density at radius 1 is 1.33 bits per heavy atom. The Hall–Kier alpha value is -0.170. The number of likely N-dealkylation sites (N-methyl/N-ethyl adjacent to an activating group) is 1. The van der Waals surface area contributed by atoms with Crippen LogP contribution in [0.15, 0.2) is 0 Å². The first-order chi connectivity index (χ1) is 8.51. The Morgan fingerprint density at radius 2 is 2.06 bits per heavy atom. The molecule has 0 aromatic heterocycles. The Kier molecular flexibility index (Phi) is 6.55. The first-order valence-corrected chi connectivity index (χ1v) is 8.45. The van der Waals surface area contributed by atoms with Crippen molar-refractivity contribution in [1.29, 1.82) is 0 Å². The molecule has 1 saturated heterocycles. The van der Waals surface area contributed by atoms with E-state index in [1.165, 1.54) is 0 Å². The summed E-state index contributed by atoms with van der Waals surface area (Å²) in [5.41, 5.74) is 0. The van der Waals surface area contributed by atoms with Crippen molar-refractivity contribution in [2.45, 2.75) is 32.2 Å². The predicted molar refractivity (Wildman–Crippen MR) is 75.2 cm³/mol. The lowest BCUT2D eigenvalue weighted by atomic mass is 10.2. The summed E-state index contributed by atoms with van der Waals surface area (Å²) in [5, 5.41) is 3.00. The molecule has 0 saturated carbocycles. The third-order valence-corrected chi connectivity index (χ3v) is 5.51. The highest BCUT2D eigenvalue weighted by molar-refractivity contribution is 7.89. The molecule has 6 heteroatoms. The SMILES string of the molecule is CCC1CN(C)CCCN1S(=O)(=O)CCCNC. The summed E-state index contributed by atoms with van der Waals surface area (Å²) in [6.45, 7) is 5.33. The van der Waals surface area contributed by atoms with E-state index in [-0.39, 0.29) is 11.8 Å². The van der Waals surface area contributed by atoms with Crippen molar-refractivity contribution in [1.82, 2.24) is 14.5 Å². The quantitative estimate of drug-likeness (QED) is 0.712. The van der Waals surface area contributed by atoms with Crippen molar-refractivity contribution >= 4 is 10.0 Å². The molecule has 1 rings (SSSR count). The van der Waals surface area contributed by atoms with Gasteiger partial charge in [-0.25, -0.2) is 8.42 Å². The maximum atomic E-state index is 12.4. The van der Waals surface area contributed by atoms with Gasteiger partial charge in [0.2, 0.25) is 10.0 Å². The van der Waals surface area contributed by atoms with Crippen LogP contribution in [0.4, 0.5) is 0 Å². The normalized spacial score (nSPS) is 24.1. The van der Waals surface area contributed by atoms with Gasteiger partial charge >= 0.3 is 0 Å². The number of sulfonamides is 1. The molecular weight excluding hydrogens is 250 g/mol. The number of hydrogen-bond donors (Lipinski definition) is 1. The van der Waals surface area contributed by atoms with Crippen LogP contribution in [0.5, 0.6) is 0 Å². The fourth-order valence-corrected chi connectivity index (χ4v) is 4.29. The van der Waals surface area contributed by atoms with Gasteiger partial charge in [-0.2, -0.15) is 4.31 Å². The lowest BCUT2D eigenvalue weighted by Gasteiger charge is -2.29. The maximum Gasteiger partial charge on any atom is 0.214 e. The summed E-state index contributed by atoms with van der Waals surface area (Å²) < 4.78 is 26.5. The molecule has 0 aliphatic carbocycles. The summed E-state index contributed by atoms with van der Waals surface area (Å²) >= 11 is 0. The molecule has 1 aliphatic rings. The van der Waals surface area contributed by atoms with E-state index in [4.69, 9.17) is 0 Å². The second kappa shape index (κ2) is 7.43. The van der Waals surface area contributed by atoms with E-state index in [0.29, 0.717) is 13.0 Å². The number of rotatable bonds is 6. The van der Waals surface area contributed by atoms with Gasteiger partial charge in [0.25, 0.3) is 0 Å². The van der Waals surface area contributed by atoms with Gasteiger partial charge in [0.15, 0.2) is 0 Å². The van der Waals surface area contributed by atoms with Crippen LogP contribution in [0, 0.1) is 0 Å². The molecule has 0 bridgehead atoms. The standard InChI is InChI=1S/C12H27N3O2S/c1-4-12-11-14(3)8-6-9-15(12)18(16,17)10-5-7-13-2/h12-13H,4-11H2,1-3H3. The lowest BCUT2D eigenvalue weighted by Crippen LogP contribution is -2.44. The number of hydrogen-bond acceptors (Lipinski definition) is 4. The highest BCUT2D eigenvalue weighted by Crippen LogP contribution is 2.17. The molecular formula is C12H27N3O2S. The molecule has 1 N–H and O–H groups in total.